The van der Waals surface area contributed by atoms with Crippen molar-refractivity contribution in [3.05, 3.63) is 29.8 Å². The molecule has 1 N–H and O–H groups in total. The van der Waals surface area contributed by atoms with E-state index in [9.17, 15) is 19.5 Å². The van der Waals surface area contributed by atoms with E-state index in [1.165, 1.54) is 6.21 Å². The number of carbonyl (C=O) groups is 3. The highest BCUT2D eigenvalue weighted by Crippen LogP contribution is 2.21. The van der Waals surface area contributed by atoms with E-state index >= 15 is 0 Å². The molecule has 0 spiro atoms. The molecule has 1 aliphatic heterocycles. The molecule has 8 heteroatoms. The van der Waals surface area contributed by atoms with Crippen molar-refractivity contribution in [3.8, 4) is 5.75 Å². The van der Waals surface area contributed by atoms with Crippen LogP contribution in [-0.4, -0.2) is 41.3 Å². The molecule has 3 amide bonds. The van der Waals surface area contributed by atoms with Gasteiger partial charge in [-0.1, -0.05) is 6.92 Å². The first-order valence-electron chi connectivity index (χ1n) is 6.99. The maximum Gasteiger partial charge on any atom is 0.346 e. The lowest BCUT2D eigenvalue weighted by molar-refractivity contribution is -0.307. The smallest absolute Gasteiger partial charge is 0.346 e. The molecule has 1 aromatic rings. The molecule has 1 aromatic carbocycles. The van der Waals surface area contributed by atoms with E-state index in [4.69, 9.17) is 4.74 Å². The highest BCUT2D eigenvalue weighted by molar-refractivity contribution is 6.07. The molecule has 1 aliphatic rings. The lowest BCUT2D eigenvalue weighted by atomic mass is 10.00. The lowest BCUT2D eigenvalue weighted by Gasteiger charge is -2.17. The van der Waals surface area contributed by atoms with Gasteiger partial charge in [-0.05, 0) is 43.2 Å². The normalized spacial score (nSPS) is 20.9. The van der Waals surface area contributed by atoms with E-state index in [2.05, 4.69) is 10.4 Å². The first-order valence-corrected chi connectivity index (χ1v) is 6.99. The number of rotatable bonds is 6. The van der Waals surface area contributed by atoms with Crippen LogP contribution in [0.15, 0.2) is 29.4 Å². The molecule has 0 radical (unpaired) electrons. The van der Waals surface area contributed by atoms with Crippen molar-refractivity contribution < 1.29 is 24.2 Å². The van der Waals surface area contributed by atoms with Crippen LogP contribution in [0, 0.1) is 0 Å². The quantitative estimate of drug-likeness (QED) is 0.580. The molecule has 0 unspecified atom stereocenters. The van der Waals surface area contributed by atoms with Crippen molar-refractivity contribution >= 4 is 24.1 Å². The summed E-state index contributed by atoms with van der Waals surface area (Å²) >= 11 is 0. The van der Waals surface area contributed by atoms with Crippen LogP contribution >= 0.6 is 0 Å². The first kappa shape index (κ1) is 16.5. The number of aliphatic carboxylic acids is 1. The van der Waals surface area contributed by atoms with Crippen molar-refractivity contribution in [1.82, 2.24) is 10.3 Å². The van der Waals surface area contributed by atoms with Gasteiger partial charge in [0.15, 0.2) is 0 Å². The molecule has 23 heavy (non-hydrogen) atoms. The zero-order valence-electron chi connectivity index (χ0n) is 12.7. The van der Waals surface area contributed by atoms with Gasteiger partial charge >= 0.3 is 6.03 Å². The minimum absolute atomic E-state index is 0.361. The van der Waals surface area contributed by atoms with Crippen molar-refractivity contribution in [2.45, 2.75) is 25.8 Å². The summed E-state index contributed by atoms with van der Waals surface area (Å²) in [6.45, 7) is 2.91. The molecular formula is C15H16N3O5-. The fourth-order valence-corrected chi connectivity index (χ4v) is 1.93. The van der Waals surface area contributed by atoms with Crippen LogP contribution < -0.4 is 15.2 Å². The molecule has 2 rings (SSSR count). The van der Waals surface area contributed by atoms with Crippen molar-refractivity contribution in [2.75, 3.05) is 6.61 Å². The van der Waals surface area contributed by atoms with E-state index in [1.54, 1.807) is 38.1 Å². The maximum absolute atomic E-state index is 12.1. The Morgan fingerprint density at radius 3 is 2.57 bits per heavy atom. The van der Waals surface area contributed by atoms with E-state index in [0.717, 1.165) is 5.01 Å². The lowest BCUT2D eigenvalue weighted by Crippen LogP contribution is -2.42. The Labute approximate surface area is 132 Å². The number of amides is 3. The van der Waals surface area contributed by atoms with Gasteiger partial charge in [0.05, 0.1) is 12.2 Å². The first-order chi connectivity index (χ1) is 10.9. The second-order valence-corrected chi connectivity index (χ2v) is 5.21. The molecule has 1 atom stereocenters. The fraction of sp³-hybridized carbons (Fsp3) is 0.333. The molecule has 122 valence electrons. The summed E-state index contributed by atoms with van der Waals surface area (Å²) in [5.41, 5.74) is -0.312. The topological polar surface area (TPSA) is 111 Å². The Hall–Kier alpha value is -2.90. The number of carboxylic acids is 1. The Kier molecular flexibility index (Phi) is 4.63. The predicted octanol–water partition coefficient (Wildman–Crippen LogP) is -0.130. The zero-order valence-corrected chi connectivity index (χ0v) is 12.7. The van der Waals surface area contributed by atoms with Crippen LogP contribution in [0.1, 0.15) is 25.8 Å². The highest BCUT2D eigenvalue weighted by Gasteiger charge is 2.46. The number of urea groups is 1. The average Bonchev–Trinajstić information content (AvgIpc) is 2.74. The van der Waals surface area contributed by atoms with Crippen LogP contribution in [0.4, 0.5) is 4.79 Å². The summed E-state index contributed by atoms with van der Waals surface area (Å²) in [6, 6.07) is 5.76. The number of hydrogen-bond acceptors (Lipinski definition) is 6. The van der Waals surface area contributed by atoms with Gasteiger partial charge in [0.1, 0.15) is 17.9 Å². The summed E-state index contributed by atoms with van der Waals surface area (Å²) < 4.78 is 4.94. The average molecular weight is 318 g/mol. The summed E-state index contributed by atoms with van der Waals surface area (Å²) in [6.07, 6.45) is 1.83. The summed E-state index contributed by atoms with van der Waals surface area (Å²) in [4.78, 5) is 34.2. The number of ether oxygens (including phenoxy) is 1. The summed E-state index contributed by atoms with van der Waals surface area (Å²) in [5, 5.41) is 17.6. The van der Waals surface area contributed by atoms with Gasteiger partial charge < -0.3 is 20.0 Å². The predicted molar refractivity (Wildman–Crippen MR) is 78.6 cm³/mol. The molecule has 0 bridgehead atoms. The molecule has 1 saturated heterocycles. The van der Waals surface area contributed by atoms with Crippen LogP contribution in [0.5, 0.6) is 5.75 Å². The number of carbonyl (C=O) groups excluding carboxylic acids is 3. The van der Waals surface area contributed by atoms with Gasteiger partial charge in [-0.2, -0.15) is 5.10 Å². The maximum atomic E-state index is 12.1. The van der Waals surface area contributed by atoms with Gasteiger partial charge in [-0.3, -0.25) is 4.79 Å². The number of nitrogens with one attached hydrogen (secondary N) is 1. The van der Waals surface area contributed by atoms with E-state index < -0.39 is 30.1 Å². The Morgan fingerprint density at radius 1 is 1.39 bits per heavy atom. The third-order valence-corrected chi connectivity index (χ3v) is 3.51. The second kappa shape index (κ2) is 6.47. The number of imide groups is 1. The van der Waals surface area contributed by atoms with E-state index in [0.29, 0.717) is 17.7 Å². The minimum atomic E-state index is -1.31. The molecule has 0 aliphatic carbocycles. The molecular weight excluding hydrogens is 302 g/mol. The molecule has 1 fully saturated rings. The second-order valence-electron chi connectivity index (χ2n) is 5.21. The molecule has 8 nitrogen and oxygen atoms in total. The van der Waals surface area contributed by atoms with Gasteiger partial charge in [-0.25, -0.2) is 4.79 Å². The highest BCUT2D eigenvalue weighted by atomic mass is 16.5. The van der Waals surface area contributed by atoms with Gasteiger partial charge in [0.25, 0.3) is 5.91 Å². The monoisotopic (exact) mass is 318 g/mol. The Morgan fingerprint density at radius 2 is 2.04 bits per heavy atom. The van der Waals surface area contributed by atoms with E-state index in [-0.39, 0.29) is 0 Å². The number of nitrogens with zero attached hydrogens (tertiary/aromatic N) is 2. The third-order valence-electron chi connectivity index (χ3n) is 3.51. The number of hydrogen-bond donors (Lipinski definition) is 1. The number of carboxylic acid groups (broad SMARTS) is 1. The van der Waals surface area contributed by atoms with Crippen LogP contribution in [0.3, 0.4) is 0 Å². The van der Waals surface area contributed by atoms with Crippen molar-refractivity contribution in [1.29, 1.82) is 0 Å². The summed E-state index contributed by atoms with van der Waals surface area (Å²) in [5.74, 6) is -1.36. The Balaban J connectivity index is 2.04. The SMILES string of the molecule is CC[C@]1(C)NC(=O)N(N=Cc2ccc(OCC(=O)[O-])cc2)C1=O. The van der Waals surface area contributed by atoms with Gasteiger partial charge in [-0.15, -0.1) is 5.01 Å². The van der Waals surface area contributed by atoms with Crippen LogP contribution in [0.2, 0.25) is 0 Å². The van der Waals surface area contributed by atoms with E-state index in [1.807, 2.05) is 0 Å². The fourth-order valence-electron chi connectivity index (χ4n) is 1.93. The molecule has 0 saturated carbocycles. The largest absolute Gasteiger partial charge is 0.546 e. The molecule has 1 heterocycles. The minimum Gasteiger partial charge on any atom is -0.546 e. The number of benzene rings is 1. The Bertz CT molecular complexity index is 656. The molecule has 0 aromatic heterocycles. The van der Waals surface area contributed by atoms with Crippen molar-refractivity contribution in [2.24, 2.45) is 5.10 Å². The summed E-state index contributed by atoms with van der Waals surface area (Å²) in [7, 11) is 0. The van der Waals surface area contributed by atoms with Gasteiger partial charge in [0, 0.05) is 0 Å². The van der Waals surface area contributed by atoms with Crippen LogP contribution in [-0.2, 0) is 9.59 Å². The van der Waals surface area contributed by atoms with Gasteiger partial charge in [0.2, 0.25) is 0 Å². The zero-order chi connectivity index (χ0) is 17.0. The van der Waals surface area contributed by atoms with Crippen molar-refractivity contribution in [3.63, 3.8) is 0 Å². The third kappa shape index (κ3) is 3.65. The van der Waals surface area contributed by atoms with Crippen LogP contribution in [0.25, 0.3) is 0 Å². The standard InChI is InChI=1S/C15H17N3O5/c1-3-15(2)13(21)18(14(22)17-15)16-8-10-4-6-11(7-5-10)23-9-12(19)20/h4-8H,3,9H2,1-2H3,(H,17,22)(H,19,20)/p-1/t15-/m0/s1. The number of hydrazone groups is 1.